The number of aliphatic carboxylic acids is 1. The Labute approximate surface area is 119 Å². The van der Waals surface area contributed by atoms with Gasteiger partial charge in [0.1, 0.15) is 0 Å². The van der Waals surface area contributed by atoms with E-state index >= 15 is 0 Å². The van der Waals surface area contributed by atoms with Crippen molar-refractivity contribution < 1.29 is 24.4 Å². The third-order valence-corrected chi connectivity index (χ3v) is 2.77. The highest BCUT2D eigenvalue weighted by Crippen LogP contribution is 2.26. The molecule has 0 bridgehead atoms. The molecule has 1 N–H and O–H groups in total. The molecule has 0 radical (unpaired) electrons. The first-order valence-corrected chi connectivity index (χ1v) is 6.06. The summed E-state index contributed by atoms with van der Waals surface area (Å²) in [5, 5.41) is 20.1. The van der Waals surface area contributed by atoms with Crippen LogP contribution in [0.4, 0.5) is 5.69 Å². The van der Waals surface area contributed by atoms with Gasteiger partial charge >= 0.3 is 11.9 Å². The summed E-state index contributed by atoms with van der Waals surface area (Å²) in [6, 6.07) is 3.84. The Morgan fingerprint density at radius 3 is 2.65 bits per heavy atom. The van der Waals surface area contributed by atoms with E-state index in [0.29, 0.717) is 0 Å². The zero-order valence-corrected chi connectivity index (χ0v) is 11.3. The predicted octanol–water partition coefficient (Wildman–Crippen LogP) is 2.05. The number of esters is 1. The SMILES string of the molecule is CCOC(=O)C(Cc1ccc(Cl)cc1[N+](=O)[O-])C(=O)O. The van der Waals surface area contributed by atoms with Crippen molar-refractivity contribution in [2.24, 2.45) is 5.92 Å². The summed E-state index contributed by atoms with van der Waals surface area (Å²) in [5.74, 6) is -3.81. The number of carboxylic acid groups (broad SMARTS) is 1. The van der Waals surface area contributed by atoms with Crippen molar-refractivity contribution in [3.05, 3.63) is 38.9 Å². The quantitative estimate of drug-likeness (QED) is 0.373. The van der Waals surface area contributed by atoms with Gasteiger partial charge in [0.05, 0.1) is 11.5 Å². The maximum absolute atomic E-state index is 11.5. The number of nitro benzene ring substituents is 1. The topological polar surface area (TPSA) is 107 Å². The number of hydrogen-bond donors (Lipinski definition) is 1. The van der Waals surface area contributed by atoms with Gasteiger partial charge in [-0.15, -0.1) is 0 Å². The van der Waals surface area contributed by atoms with Crippen LogP contribution in [0.25, 0.3) is 0 Å². The van der Waals surface area contributed by atoms with Gasteiger partial charge in [0, 0.05) is 23.1 Å². The number of carboxylic acids is 1. The molecule has 7 nitrogen and oxygen atoms in total. The van der Waals surface area contributed by atoms with E-state index in [1.807, 2.05) is 0 Å². The van der Waals surface area contributed by atoms with Crippen LogP contribution in [0.5, 0.6) is 0 Å². The molecule has 1 rings (SSSR count). The number of ether oxygens (including phenoxy) is 1. The number of rotatable bonds is 6. The molecule has 0 saturated heterocycles. The van der Waals surface area contributed by atoms with Crippen LogP contribution in [0.15, 0.2) is 18.2 Å². The Hall–Kier alpha value is -2.15. The molecule has 8 heteroatoms. The van der Waals surface area contributed by atoms with Gasteiger partial charge in [0.2, 0.25) is 0 Å². The summed E-state index contributed by atoms with van der Waals surface area (Å²) < 4.78 is 4.65. The van der Waals surface area contributed by atoms with Gasteiger partial charge in [-0.25, -0.2) is 0 Å². The van der Waals surface area contributed by atoms with Gasteiger partial charge < -0.3 is 9.84 Å². The Balaban J connectivity index is 3.08. The van der Waals surface area contributed by atoms with E-state index in [2.05, 4.69) is 4.74 Å². The first-order chi connectivity index (χ1) is 9.36. The number of halogens is 1. The fraction of sp³-hybridized carbons (Fsp3) is 0.333. The van der Waals surface area contributed by atoms with Crippen molar-refractivity contribution in [2.45, 2.75) is 13.3 Å². The van der Waals surface area contributed by atoms with E-state index in [9.17, 15) is 19.7 Å². The largest absolute Gasteiger partial charge is 0.481 e. The highest BCUT2D eigenvalue weighted by molar-refractivity contribution is 6.30. The van der Waals surface area contributed by atoms with Crippen LogP contribution in [-0.2, 0) is 20.7 Å². The predicted molar refractivity (Wildman–Crippen MR) is 69.6 cm³/mol. The fourth-order valence-corrected chi connectivity index (χ4v) is 1.78. The number of nitro groups is 1. The Morgan fingerprint density at radius 2 is 2.15 bits per heavy atom. The Kier molecular flexibility index (Phi) is 5.45. The maximum atomic E-state index is 11.5. The number of hydrogen-bond acceptors (Lipinski definition) is 5. The average molecular weight is 302 g/mol. The van der Waals surface area contributed by atoms with Crippen LogP contribution in [0.1, 0.15) is 12.5 Å². The van der Waals surface area contributed by atoms with Gasteiger partial charge in [-0.1, -0.05) is 17.7 Å². The molecule has 0 saturated carbocycles. The molecule has 1 aromatic rings. The van der Waals surface area contributed by atoms with E-state index in [4.69, 9.17) is 16.7 Å². The lowest BCUT2D eigenvalue weighted by molar-refractivity contribution is -0.385. The Morgan fingerprint density at radius 1 is 1.50 bits per heavy atom. The van der Waals surface area contributed by atoms with Crippen LogP contribution in [0, 0.1) is 16.0 Å². The molecule has 0 fully saturated rings. The molecule has 0 spiro atoms. The summed E-state index contributed by atoms with van der Waals surface area (Å²) in [5.41, 5.74) is -0.215. The summed E-state index contributed by atoms with van der Waals surface area (Å²) in [6.45, 7) is 1.58. The third kappa shape index (κ3) is 3.92. The molecule has 0 heterocycles. The monoisotopic (exact) mass is 301 g/mol. The average Bonchev–Trinajstić information content (AvgIpc) is 2.36. The van der Waals surface area contributed by atoms with E-state index < -0.39 is 22.8 Å². The lowest BCUT2D eigenvalue weighted by atomic mass is 9.98. The molecule has 1 atom stereocenters. The van der Waals surface area contributed by atoms with Crippen LogP contribution < -0.4 is 0 Å². The van der Waals surface area contributed by atoms with Crippen LogP contribution in [0.2, 0.25) is 5.02 Å². The summed E-state index contributed by atoms with van der Waals surface area (Å²) in [4.78, 5) is 32.8. The summed E-state index contributed by atoms with van der Waals surface area (Å²) >= 11 is 5.66. The lowest BCUT2D eigenvalue weighted by Gasteiger charge is -2.11. The third-order valence-electron chi connectivity index (χ3n) is 2.54. The van der Waals surface area contributed by atoms with Crippen LogP contribution in [0.3, 0.4) is 0 Å². The first kappa shape index (κ1) is 15.9. The summed E-state index contributed by atoms with van der Waals surface area (Å²) in [7, 11) is 0. The molecule has 1 unspecified atom stereocenters. The molecule has 1 aromatic carbocycles. The minimum atomic E-state index is -1.49. The van der Waals surface area contributed by atoms with E-state index in [-0.39, 0.29) is 29.3 Å². The van der Waals surface area contributed by atoms with E-state index in [0.717, 1.165) is 6.07 Å². The standard InChI is InChI=1S/C12H12ClNO6/c1-2-20-12(17)9(11(15)16)5-7-3-4-8(13)6-10(7)14(18)19/h3-4,6,9H,2,5H2,1H3,(H,15,16). The lowest BCUT2D eigenvalue weighted by Crippen LogP contribution is -2.28. The highest BCUT2D eigenvalue weighted by atomic mass is 35.5. The van der Waals surface area contributed by atoms with Gasteiger partial charge in [-0.2, -0.15) is 0 Å². The molecule has 0 aliphatic rings. The Bertz CT molecular complexity index is 545. The molecular weight excluding hydrogens is 290 g/mol. The number of benzene rings is 1. The van der Waals surface area contributed by atoms with Gasteiger partial charge in [-0.05, 0) is 13.0 Å². The van der Waals surface area contributed by atoms with E-state index in [1.165, 1.54) is 12.1 Å². The highest BCUT2D eigenvalue weighted by Gasteiger charge is 2.30. The molecule has 20 heavy (non-hydrogen) atoms. The molecule has 0 aliphatic heterocycles. The molecular formula is C12H12ClNO6. The van der Waals surface area contributed by atoms with E-state index in [1.54, 1.807) is 6.92 Å². The van der Waals surface area contributed by atoms with Crippen LogP contribution >= 0.6 is 11.6 Å². The molecule has 108 valence electrons. The van der Waals surface area contributed by atoms with Crippen molar-refractivity contribution in [1.82, 2.24) is 0 Å². The van der Waals surface area contributed by atoms with Crippen molar-refractivity contribution in [2.75, 3.05) is 6.61 Å². The second kappa shape index (κ2) is 6.85. The fourth-order valence-electron chi connectivity index (χ4n) is 1.61. The van der Waals surface area contributed by atoms with Crippen molar-refractivity contribution >= 4 is 29.2 Å². The zero-order chi connectivity index (χ0) is 15.3. The summed E-state index contributed by atoms with van der Waals surface area (Å²) in [6.07, 6.45) is -0.332. The molecule has 0 amide bonds. The normalized spacial score (nSPS) is 11.7. The van der Waals surface area contributed by atoms with Crippen molar-refractivity contribution in [3.8, 4) is 0 Å². The van der Waals surface area contributed by atoms with Crippen molar-refractivity contribution in [3.63, 3.8) is 0 Å². The molecule has 0 aliphatic carbocycles. The second-order valence-electron chi connectivity index (χ2n) is 3.88. The molecule has 0 aromatic heterocycles. The smallest absolute Gasteiger partial charge is 0.320 e. The van der Waals surface area contributed by atoms with Gasteiger partial charge in [0.15, 0.2) is 5.92 Å². The van der Waals surface area contributed by atoms with Gasteiger partial charge in [0.25, 0.3) is 5.69 Å². The minimum Gasteiger partial charge on any atom is -0.481 e. The first-order valence-electron chi connectivity index (χ1n) is 5.69. The minimum absolute atomic E-state index is 0.0331. The number of carbonyl (C=O) groups is 2. The zero-order valence-electron chi connectivity index (χ0n) is 10.5. The number of carbonyl (C=O) groups excluding carboxylic acids is 1. The van der Waals surface area contributed by atoms with Gasteiger partial charge in [-0.3, -0.25) is 19.7 Å². The maximum Gasteiger partial charge on any atom is 0.320 e. The van der Waals surface area contributed by atoms with Crippen LogP contribution in [-0.4, -0.2) is 28.6 Å². The second-order valence-corrected chi connectivity index (χ2v) is 4.31. The number of nitrogens with zero attached hydrogens (tertiary/aromatic N) is 1. The van der Waals surface area contributed by atoms with Crippen molar-refractivity contribution in [1.29, 1.82) is 0 Å².